The molecule has 2 aliphatic carbocycles. The molecule has 2 aromatic rings. The fourth-order valence-electron chi connectivity index (χ4n) is 4.63. The second-order valence-corrected chi connectivity index (χ2v) is 7.42. The van der Waals surface area contributed by atoms with Crippen LogP contribution < -0.4 is 5.73 Å². The zero-order valence-electron chi connectivity index (χ0n) is 13.0. The molecule has 3 unspecified atom stereocenters. The van der Waals surface area contributed by atoms with E-state index in [1.54, 1.807) is 0 Å². The van der Waals surface area contributed by atoms with Crippen molar-refractivity contribution in [1.29, 1.82) is 0 Å². The summed E-state index contributed by atoms with van der Waals surface area (Å²) in [6.07, 6.45) is 5.82. The third-order valence-electron chi connectivity index (χ3n) is 5.62. The predicted octanol–water partition coefficient (Wildman–Crippen LogP) is 4.18. The monoisotopic (exact) mass is 283 g/mol. The van der Waals surface area contributed by atoms with E-state index < -0.39 is 0 Å². The maximum atomic E-state index is 5.92. The summed E-state index contributed by atoms with van der Waals surface area (Å²) in [6, 6.07) is 6.17. The van der Waals surface area contributed by atoms with Crippen molar-refractivity contribution in [3.8, 4) is 0 Å². The highest BCUT2D eigenvalue weighted by Gasteiger charge is 2.39. The molecule has 2 bridgehead atoms. The van der Waals surface area contributed by atoms with Gasteiger partial charge in [-0.3, -0.25) is 0 Å². The van der Waals surface area contributed by atoms with E-state index in [-0.39, 0.29) is 0 Å². The molecule has 0 amide bonds. The minimum atomic E-state index is 0.456. The first-order valence-electron chi connectivity index (χ1n) is 8.37. The van der Waals surface area contributed by atoms with Gasteiger partial charge in [0.25, 0.3) is 0 Å². The SMILES string of the molecule is CC(C)c1nc2cc(N)ccc2n1CC1CC2CCC1C2. The Morgan fingerprint density at radius 1 is 1.29 bits per heavy atom. The van der Waals surface area contributed by atoms with E-state index in [1.165, 1.54) is 37.0 Å². The van der Waals surface area contributed by atoms with Crippen molar-refractivity contribution in [3.63, 3.8) is 0 Å². The molecule has 2 aliphatic rings. The molecular formula is C18H25N3. The fourth-order valence-corrected chi connectivity index (χ4v) is 4.63. The van der Waals surface area contributed by atoms with Gasteiger partial charge >= 0.3 is 0 Å². The van der Waals surface area contributed by atoms with Crippen molar-refractivity contribution in [1.82, 2.24) is 9.55 Å². The number of aromatic nitrogens is 2. The maximum absolute atomic E-state index is 5.92. The summed E-state index contributed by atoms with van der Waals surface area (Å²) in [5.74, 6) is 4.50. The Morgan fingerprint density at radius 2 is 2.14 bits per heavy atom. The number of hydrogen-bond acceptors (Lipinski definition) is 2. The lowest BCUT2D eigenvalue weighted by molar-refractivity contribution is 0.294. The van der Waals surface area contributed by atoms with E-state index in [9.17, 15) is 0 Å². The summed E-state index contributed by atoms with van der Waals surface area (Å²) >= 11 is 0. The minimum Gasteiger partial charge on any atom is -0.399 e. The van der Waals surface area contributed by atoms with Crippen LogP contribution in [0.15, 0.2) is 18.2 Å². The Labute approximate surface area is 126 Å². The molecule has 2 N–H and O–H groups in total. The van der Waals surface area contributed by atoms with Crippen LogP contribution in [0.4, 0.5) is 5.69 Å². The normalized spacial score (nSPS) is 28.0. The highest BCUT2D eigenvalue weighted by molar-refractivity contribution is 5.79. The van der Waals surface area contributed by atoms with Crippen LogP contribution in [0.1, 0.15) is 51.3 Å². The lowest BCUT2D eigenvalue weighted by atomic mass is 9.88. The highest BCUT2D eigenvalue weighted by Crippen LogP contribution is 2.49. The predicted molar refractivity (Wildman–Crippen MR) is 87.2 cm³/mol. The zero-order chi connectivity index (χ0) is 14.6. The fraction of sp³-hybridized carbons (Fsp3) is 0.611. The first-order chi connectivity index (χ1) is 10.1. The Kier molecular flexibility index (Phi) is 2.98. The number of nitrogens with zero attached hydrogens (tertiary/aromatic N) is 2. The molecule has 2 fully saturated rings. The van der Waals surface area contributed by atoms with Gasteiger partial charge in [-0.05, 0) is 55.2 Å². The van der Waals surface area contributed by atoms with Gasteiger partial charge in [0.05, 0.1) is 11.0 Å². The Hall–Kier alpha value is -1.51. The second kappa shape index (κ2) is 4.75. The molecule has 0 aliphatic heterocycles. The summed E-state index contributed by atoms with van der Waals surface area (Å²) < 4.78 is 2.48. The van der Waals surface area contributed by atoms with Gasteiger partial charge in [-0.1, -0.05) is 20.3 Å². The van der Waals surface area contributed by atoms with Crippen molar-refractivity contribution in [3.05, 3.63) is 24.0 Å². The van der Waals surface area contributed by atoms with E-state index in [2.05, 4.69) is 24.5 Å². The molecule has 1 aromatic carbocycles. The Bertz CT molecular complexity index is 670. The summed E-state index contributed by atoms with van der Waals surface area (Å²) in [4.78, 5) is 4.86. The van der Waals surface area contributed by atoms with Crippen LogP contribution in [0.5, 0.6) is 0 Å². The molecule has 3 atom stereocenters. The summed E-state index contributed by atoms with van der Waals surface area (Å²) in [6.45, 7) is 5.62. The van der Waals surface area contributed by atoms with E-state index in [0.717, 1.165) is 35.5 Å². The number of rotatable bonds is 3. The van der Waals surface area contributed by atoms with Crippen LogP contribution in [0.2, 0.25) is 0 Å². The van der Waals surface area contributed by atoms with Crippen molar-refractivity contribution in [2.45, 2.75) is 52.0 Å². The van der Waals surface area contributed by atoms with Gasteiger partial charge in [-0.25, -0.2) is 4.98 Å². The van der Waals surface area contributed by atoms with Gasteiger partial charge in [-0.15, -0.1) is 0 Å². The summed E-state index contributed by atoms with van der Waals surface area (Å²) in [7, 11) is 0. The number of nitrogens with two attached hydrogens (primary N) is 1. The number of benzene rings is 1. The van der Waals surface area contributed by atoms with E-state index >= 15 is 0 Å². The number of fused-ring (bicyclic) bond motifs is 3. The molecule has 2 saturated carbocycles. The van der Waals surface area contributed by atoms with Gasteiger partial charge in [-0.2, -0.15) is 0 Å². The summed E-state index contributed by atoms with van der Waals surface area (Å²) in [5, 5.41) is 0. The average Bonchev–Trinajstić information content (AvgIpc) is 3.12. The molecule has 3 heteroatoms. The Balaban J connectivity index is 1.73. The van der Waals surface area contributed by atoms with Crippen LogP contribution in [-0.2, 0) is 6.54 Å². The van der Waals surface area contributed by atoms with E-state index in [4.69, 9.17) is 10.7 Å². The smallest absolute Gasteiger partial charge is 0.112 e. The molecule has 0 saturated heterocycles. The van der Waals surface area contributed by atoms with Crippen molar-refractivity contribution in [2.75, 3.05) is 5.73 Å². The maximum Gasteiger partial charge on any atom is 0.112 e. The minimum absolute atomic E-state index is 0.456. The highest BCUT2D eigenvalue weighted by atomic mass is 15.1. The largest absolute Gasteiger partial charge is 0.399 e. The Morgan fingerprint density at radius 3 is 2.81 bits per heavy atom. The topological polar surface area (TPSA) is 43.8 Å². The first-order valence-corrected chi connectivity index (χ1v) is 8.37. The number of nitrogen functional groups attached to an aromatic ring is 1. The lowest BCUT2D eigenvalue weighted by Gasteiger charge is -2.24. The number of anilines is 1. The average molecular weight is 283 g/mol. The number of hydrogen-bond donors (Lipinski definition) is 1. The van der Waals surface area contributed by atoms with Crippen LogP contribution >= 0.6 is 0 Å². The third-order valence-corrected chi connectivity index (χ3v) is 5.62. The molecule has 0 spiro atoms. The molecule has 1 aromatic heterocycles. The van der Waals surface area contributed by atoms with Crippen LogP contribution in [0.25, 0.3) is 11.0 Å². The van der Waals surface area contributed by atoms with Gasteiger partial charge in [0.2, 0.25) is 0 Å². The lowest BCUT2D eigenvalue weighted by Crippen LogP contribution is -2.19. The zero-order valence-corrected chi connectivity index (χ0v) is 13.0. The van der Waals surface area contributed by atoms with Crippen molar-refractivity contribution < 1.29 is 0 Å². The third kappa shape index (κ3) is 2.14. The van der Waals surface area contributed by atoms with Gasteiger partial charge in [0.1, 0.15) is 5.82 Å². The van der Waals surface area contributed by atoms with Crippen LogP contribution in [-0.4, -0.2) is 9.55 Å². The first kappa shape index (κ1) is 13.2. The molecule has 1 heterocycles. The van der Waals surface area contributed by atoms with Gasteiger partial charge in [0.15, 0.2) is 0 Å². The molecule has 3 nitrogen and oxygen atoms in total. The van der Waals surface area contributed by atoms with Crippen molar-refractivity contribution >= 4 is 16.7 Å². The van der Waals surface area contributed by atoms with Crippen molar-refractivity contribution in [2.24, 2.45) is 17.8 Å². The van der Waals surface area contributed by atoms with Gasteiger partial charge in [0, 0.05) is 18.2 Å². The molecule has 21 heavy (non-hydrogen) atoms. The second-order valence-electron chi connectivity index (χ2n) is 7.42. The molecule has 4 rings (SSSR count). The number of imidazole rings is 1. The molecule has 0 radical (unpaired) electrons. The van der Waals surface area contributed by atoms with Crippen LogP contribution in [0, 0.1) is 17.8 Å². The molecular weight excluding hydrogens is 258 g/mol. The van der Waals surface area contributed by atoms with E-state index in [1.807, 2.05) is 12.1 Å². The quantitative estimate of drug-likeness (QED) is 0.859. The summed E-state index contributed by atoms with van der Waals surface area (Å²) in [5.41, 5.74) is 9.05. The van der Waals surface area contributed by atoms with E-state index in [0.29, 0.717) is 5.92 Å². The van der Waals surface area contributed by atoms with Crippen LogP contribution in [0.3, 0.4) is 0 Å². The van der Waals surface area contributed by atoms with Gasteiger partial charge < -0.3 is 10.3 Å². The molecule has 112 valence electrons. The standard InChI is InChI=1S/C18H25N3/c1-11(2)18-20-16-9-15(19)5-6-17(16)21(18)10-14-8-12-3-4-13(14)7-12/h5-6,9,11-14H,3-4,7-8,10,19H2,1-2H3.